The standard InChI is InChI=1S/C14H17NO4/c1-9-4-6-19-11(9)12(16)15-7-10-3-2-5-14(10,8-15)13(17)18/h4,6,10H,2-3,5,7-8H2,1H3,(H,17,18)/t10-,14+/m0/s1. The van der Waals surface area contributed by atoms with E-state index in [0.29, 0.717) is 25.3 Å². The molecular formula is C14H17NO4. The first-order valence-electron chi connectivity index (χ1n) is 6.61. The molecule has 102 valence electrons. The lowest BCUT2D eigenvalue weighted by Crippen LogP contribution is -2.37. The number of amides is 1. The van der Waals surface area contributed by atoms with Crippen molar-refractivity contribution in [1.29, 1.82) is 0 Å². The first-order valence-corrected chi connectivity index (χ1v) is 6.61. The Kier molecular flexibility index (Phi) is 2.66. The molecule has 1 N–H and O–H groups in total. The van der Waals surface area contributed by atoms with Crippen molar-refractivity contribution in [3.63, 3.8) is 0 Å². The molecule has 0 bridgehead atoms. The molecule has 0 aromatic carbocycles. The average Bonchev–Trinajstić information content (AvgIpc) is 3.00. The Morgan fingerprint density at radius 3 is 2.89 bits per heavy atom. The van der Waals surface area contributed by atoms with Crippen LogP contribution in [0.4, 0.5) is 0 Å². The van der Waals surface area contributed by atoms with E-state index in [4.69, 9.17) is 4.42 Å². The molecular weight excluding hydrogens is 246 g/mol. The molecule has 1 aromatic heterocycles. The molecule has 19 heavy (non-hydrogen) atoms. The predicted molar refractivity (Wildman–Crippen MR) is 66.8 cm³/mol. The first kappa shape index (κ1) is 12.3. The minimum Gasteiger partial charge on any atom is -0.481 e. The number of carboxylic acids is 1. The number of hydrogen-bond acceptors (Lipinski definition) is 3. The number of furan rings is 1. The molecule has 0 spiro atoms. The maximum absolute atomic E-state index is 12.4. The largest absolute Gasteiger partial charge is 0.481 e. The number of fused-ring (bicyclic) bond motifs is 1. The smallest absolute Gasteiger partial charge is 0.311 e. The van der Waals surface area contributed by atoms with Crippen LogP contribution in [0.3, 0.4) is 0 Å². The number of carboxylic acid groups (broad SMARTS) is 1. The average molecular weight is 263 g/mol. The SMILES string of the molecule is Cc1ccoc1C(=O)N1C[C@@H]2CCC[C@@]2(C(=O)O)C1. The summed E-state index contributed by atoms with van der Waals surface area (Å²) in [6, 6.07) is 1.75. The molecule has 1 aliphatic heterocycles. The van der Waals surface area contributed by atoms with Gasteiger partial charge in [0.2, 0.25) is 0 Å². The predicted octanol–water partition coefficient (Wildman–Crippen LogP) is 1.91. The van der Waals surface area contributed by atoms with Gasteiger partial charge >= 0.3 is 5.97 Å². The summed E-state index contributed by atoms with van der Waals surface area (Å²) in [5.41, 5.74) is 0.0716. The second-order valence-electron chi connectivity index (χ2n) is 5.67. The van der Waals surface area contributed by atoms with Crippen LogP contribution in [0, 0.1) is 18.3 Å². The third-order valence-electron chi connectivity index (χ3n) is 4.64. The number of likely N-dealkylation sites (tertiary alicyclic amines) is 1. The van der Waals surface area contributed by atoms with E-state index in [1.165, 1.54) is 6.26 Å². The van der Waals surface area contributed by atoms with Crippen molar-refractivity contribution in [3.8, 4) is 0 Å². The van der Waals surface area contributed by atoms with Crippen molar-refractivity contribution in [1.82, 2.24) is 4.90 Å². The Morgan fingerprint density at radius 2 is 2.32 bits per heavy atom. The summed E-state index contributed by atoms with van der Waals surface area (Å²) in [6.07, 6.45) is 4.01. The van der Waals surface area contributed by atoms with Crippen molar-refractivity contribution < 1.29 is 19.1 Å². The maximum Gasteiger partial charge on any atom is 0.311 e. The van der Waals surface area contributed by atoms with Crippen molar-refractivity contribution in [2.45, 2.75) is 26.2 Å². The fourth-order valence-electron chi connectivity index (χ4n) is 3.53. The normalized spacial score (nSPS) is 29.5. The zero-order chi connectivity index (χ0) is 13.6. The third-order valence-corrected chi connectivity index (χ3v) is 4.64. The molecule has 2 atom stereocenters. The summed E-state index contributed by atoms with van der Waals surface area (Å²) in [5, 5.41) is 9.50. The Hall–Kier alpha value is -1.78. The second kappa shape index (κ2) is 4.11. The first-order chi connectivity index (χ1) is 9.04. The molecule has 1 aliphatic carbocycles. The Balaban J connectivity index is 1.85. The van der Waals surface area contributed by atoms with E-state index in [2.05, 4.69) is 0 Å². The van der Waals surface area contributed by atoms with Gasteiger partial charge in [0.15, 0.2) is 5.76 Å². The highest BCUT2D eigenvalue weighted by molar-refractivity contribution is 5.94. The van der Waals surface area contributed by atoms with Gasteiger partial charge in [-0.05, 0) is 31.7 Å². The van der Waals surface area contributed by atoms with Crippen molar-refractivity contribution in [3.05, 3.63) is 23.7 Å². The van der Waals surface area contributed by atoms with Crippen LogP contribution in [0.5, 0.6) is 0 Å². The Bertz CT molecular complexity index is 535. The van der Waals surface area contributed by atoms with E-state index in [1.54, 1.807) is 11.0 Å². The molecule has 1 saturated heterocycles. The molecule has 5 heteroatoms. The molecule has 5 nitrogen and oxygen atoms in total. The van der Waals surface area contributed by atoms with Crippen molar-refractivity contribution in [2.75, 3.05) is 13.1 Å². The van der Waals surface area contributed by atoms with Crippen molar-refractivity contribution in [2.24, 2.45) is 11.3 Å². The number of nitrogens with zero attached hydrogens (tertiary/aromatic N) is 1. The molecule has 1 aromatic rings. The molecule has 2 fully saturated rings. The van der Waals surface area contributed by atoms with Crippen LogP contribution < -0.4 is 0 Å². The molecule has 0 radical (unpaired) electrons. The van der Waals surface area contributed by atoms with E-state index >= 15 is 0 Å². The summed E-state index contributed by atoms with van der Waals surface area (Å²) >= 11 is 0. The third kappa shape index (κ3) is 1.68. The summed E-state index contributed by atoms with van der Waals surface area (Å²) in [4.78, 5) is 25.6. The summed E-state index contributed by atoms with van der Waals surface area (Å²) < 4.78 is 5.22. The number of hydrogen-bond donors (Lipinski definition) is 1. The lowest BCUT2D eigenvalue weighted by molar-refractivity contribution is -0.149. The lowest BCUT2D eigenvalue weighted by Gasteiger charge is -2.23. The number of aliphatic carboxylic acids is 1. The van der Waals surface area contributed by atoms with Gasteiger partial charge < -0.3 is 14.4 Å². The highest BCUT2D eigenvalue weighted by Crippen LogP contribution is 2.49. The van der Waals surface area contributed by atoms with Gasteiger partial charge in [-0.25, -0.2) is 0 Å². The van der Waals surface area contributed by atoms with E-state index in [-0.39, 0.29) is 11.8 Å². The highest BCUT2D eigenvalue weighted by atomic mass is 16.4. The summed E-state index contributed by atoms with van der Waals surface area (Å²) in [5.74, 6) is -0.524. The number of aryl methyl sites for hydroxylation is 1. The van der Waals surface area contributed by atoms with Crippen LogP contribution in [0.25, 0.3) is 0 Å². The fraction of sp³-hybridized carbons (Fsp3) is 0.571. The number of carbonyl (C=O) groups is 2. The van der Waals surface area contributed by atoms with E-state index in [1.807, 2.05) is 6.92 Å². The fourth-order valence-corrected chi connectivity index (χ4v) is 3.53. The van der Waals surface area contributed by atoms with Gasteiger partial charge in [-0.3, -0.25) is 9.59 Å². The molecule has 2 aliphatic rings. The van der Waals surface area contributed by atoms with E-state index in [9.17, 15) is 14.7 Å². The summed E-state index contributed by atoms with van der Waals surface area (Å²) in [7, 11) is 0. The van der Waals surface area contributed by atoms with Gasteiger partial charge in [0.25, 0.3) is 5.91 Å². The zero-order valence-corrected chi connectivity index (χ0v) is 10.9. The van der Waals surface area contributed by atoms with Gasteiger partial charge in [0.05, 0.1) is 11.7 Å². The topological polar surface area (TPSA) is 70.8 Å². The van der Waals surface area contributed by atoms with Gasteiger partial charge in [-0.2, -0.15) is 0 Å². The van der Waals surface area contributed by atoms with Gasteiger partial charge in [0, 0.05) is 18.7 Å². The van der Waals surface area contributed by atoms with Crippen LogP contribution >= 0.6 is 0 Å². The Labute approximate surface area is 111 Å². The van der Waals surface area contributed by atoms with Gasteiger partial charge in [-0.1, -0.05) is 6.42 Å². The van der Waals surface area contributed by atoms with Crippen LogP contribution in [-0.2, 0) is 4.79 Å². The van der Waals surface area contributed by atoms with Crippen LogP contribution in [0.15, 0.2) is 16.7 Å². The zero-order valence-electron chi connectivity index (χ0n) is 10.9. The van der Waals surface area contributed by atoms with Gasteiger partial charge in [0.1, 0.15) is 0 Å². The minimum atomic E-state index is -0.763. The van der Waals surface area contributed by atoms with Crippen LogP contribution in [-0.4, -0.2) is 35.0 Å². The maximum atomic E-state index is 12.4. The monoisotopic (exact) mass is 263 g/mol. The minimum absolute atomic E-state index is 0.0872. The second-order valence-corrected chi connectivity index (χ2v) is 5.67. The van der Waals surface area contributed by atoms with Crippen LogP contribution in [0.2, 0.25) is 0 Å². The molecule has 3 rings (SSSR count). The number of rotatable bonds is 2. The quantitative estimate of drug-likeness (QED) is 0.884. The molecule has 0 unspecified atom stereocenters. The van der Waals surface area contributed by atoms with Crippen molar-refractivity contribution >= 4 is 11.9 Å². The van der Waals surface area contributed by atoms with Gasteiger partial charge in [-0.15, -0.1) is 0 Å². The number of carbonyl (C=O) groups excluding carboxylic acids is 1. The van der Waals surface area contributed by atoms with E-state index in [0.717, 1.165) is 18.4 Å². The molecule has 1 amide bonds. The molecule has 1 saturated carbocycles. The molecule has 2 heterocycles. The summed E-state index contributed by atoms with van der Waals surface area (Å²) in [6.45, 7) is 2.66. The Morgan fingerprint density at radius 1 is 1.53 bits per heavy atom. The highest BCUT2D eigenvalue weighted by Gasteiger charge is 2.56. The lowest BCUT2D eigenvalue weighted by atomic mass is 9.81. The van der Waals surface area contributed by atoms with E-state index < -0.39 is 11.4 Å². The van der Waals surface area contributed by atoms with Crippen LogP contribution in [0.1, 0.15) is 35.4 Å².